The maximum Gasteiger partial charge on any atom is 0.223 e. The molecule has 2 aliphatic rings. The first-order valence-corrected chi connectivity index (χ1v) is 7.30. The number of nitrogens with one attached hydrogen (secondary N) is 2. The minimum atomic E-state index is 0.264. The van der Waals surface area contributed by atoms with Crippen molar-refractivity contribution in [3.8, 4) is 0 Å². The van der Waals surface area contributed by atoms with E-state index >= 15 is 0 Å². The van der Waals surface area contributed by atoms with Crippen molar-refractivity contribution in [3.05, 3.63) is 0 Å². The average Bonchev–Trinajstić information content (AvgIpc) is 2.40. The minimum absolute atomic E-state index is 0.264. The molecule has 2 rings (SSSR count). The smallest absolute Gasteiger partial charge is 0.223 e. The van der Waals surface area contributed by atoms with E-state index in [0.717, 1.165) is 31.8 Å². The van der Waals surface area contributed by atoms with E-state index in [1.165, 1.54) is 32.1 Å². The topological polar surface area (TPSA) is 41.1 Å². The lowest BCUT2D eigenvalue weighted by atomic mass is 9.84. The number of hydrogen-bond donors (Lipinski definition) is 2. The summed E-state index contributed by atoms with van der Waals surface area (Å²) in [4.78, 5) is 12.1. The van der Waals surface area contributed by atoms with Crippen LogP contribution in [0.3, 0.4) is 0 Å². The second-order valence-electron chi connectivity index (χ2n) is 5.66. The second-order valence-corrected chi connectivity index (χ2v) is 5.66. The molecule has 17 heavy (non-hydrogen) atoms. The molecule has 0 aromatic carbocycles. The molecule has 3 nitrogen and oxygen atoms in total. The molecule has 0 aromatic rings. The summed E-state index contributed by atoms with van der Waals surface area (Å²) in [7, 11) is 0. The number of amides is 1. The molecule has 3 heteroatoms. The highest BCUT2D eigenvalue weighted by atomic mass is 16.1. The van der Waals surface area contributed by atoms with Gasteiger partial charge in [-0.3, -0.25) is 4.79 Å². The summed E-state index contributed by atoms with van der Waals surface area (Å²) < 4.78 is 0. The molecule has 1 saturated heterocycles. The summed E-state index contributed by atoms with van der Waals surface area (Å²) >= 11 is 0. The van der Waals surface area contributed by atoms with E-state index in [0.29, 0.717) is 11.9 Å². The Balaban J connectivity index is 1.71. The molecule has 1 saturated carbocycles. The van der Waals surface area contributed by atoms with Crippen LogP contribution in [0.2, 0.25) is 0 Å². The van der Waals surface area contributed by atoms with Crippen LogP contribution in [-0.4, -0.2) is 25.0 Å². The SMILES string of the molecule is CCC1CCC(NC(=O)C2CCNCC2)CC1. The molecule has 1 heterocycles. The second kappa shape index (κ2) is 6.39. The van der Waals surface area contributed by atoms with Gasteiger partial charge >= 0.3 is 0 Å². The van der Waals surface area contributed by atoms with E-state index in [1.54, 1.807) is 0 Å². The van der Waals surface area contributed by atoms with E-state index in [4.69, 9.17) is 0 Å². The van der Waals surface area contributed by atoms with Gasteiger partial charge in [-0.1, -0.05) is 13.3 Å². The van der Waals surface area contributed by atoms with Crippen molar-refractivity contribution < 1.29 is 4.79 Å². The summed E-state index contributed by atoms with van der Waals surface area (Å²) in [5, 5.41) is 6.57. The fourth-order valence-corrected chi connectivity index (χ4v) is 3.12. The van der Waals surface area contributed by atoms with E-state index in [9.17, 15) is 4.79 Å². The lowest BCUT2D eigenvalue weighted by Crippen LogP contribution is -2.43. The third-order valence-corrected chi connectivity index (χ3v) is 4.48. The Kier molecular flexibility index (Phi) is 4.84. The lowest BCUT2D eigenvalue weighted by molar-refractivity contribution is -0.126. The standard InChI is InChI=1S/C14H26N2O/c1-2-11-3-5-13(6-4-11)16-14(17)12-7-9-15-10-8-12/h11-13,15H,2-10H2,1H3,(H,16,17). The Morgan fingerprint density at radius 2 is 1.76 bits per heavy atom. The van der Waals surface area contributed by atoms with Gasteiger partial charge in [0.25, 0.3) is 0 Å². The predicted octanol–water partition coefficient (Wildman–Crippen LogP) is 2.07. The monoisotopic (exact) mass is 238 g/mol. The number of hydrogen-bond acceptors (Lipinski definition) is 2. The van der Waals surface area contributed by atoms with Gasteiger partial charge in [-0.25, -0.2) is 0 Å². The highest BCUT2D eigenvalue weighted by Gasteiger charge is 2.25. The van der Waals surface area contributed by atoms with Crippen molar-refractivity contribution in [3.63, 3.8) is 0 Å². The van der Waals surface area contributed by atoms with Crippen molar-refractivity contribution >= 4 is 5.91 Å². The Morgan fingerprint density at radius 3 is 2.35 bits per heavy atom. The first kappa shape index (κ1) is 12.9. The fraction of sp³-hybridized carbons (Fsp3) is 0.929. The van der Waals surface area contributed by atoms with Crippen LogP contribution in [0.5, 0.6) is 0 Å². The quantitative estimate of drug-likeness (QED) is 0.790. The summed E-state index contributed by atoms with van der Waals surface area (Å²) in [6.45, 7) is 4.28. The van der Waals surface area contributed by atoms with Gasteiger partial charge in [0.2, 0.25) is 5.91 Å². The minimum Gasteiger partial charge on any atom is -0.353 e. The molecule has 1 aliphatic carbocycles. The molecule has 2 N–H and O–H groups in total. The molecular weight excluding hydrogens is 212 g/mol. The molecule has 0 radical (unpaired) electrons. The normalized spacial score (nSPS) is 31.1. The third-order valence-electron chi connectivity index (χ3n) is 4.48. The largest absolute Gasteiger partial charge is 0.353 e. The molecule has 2 fully saturated rings. The van der Waals surface area contributed by atoms with Gasteiger partial charge in [0.1, 0.15) is 0 Å². The molecule has 0 spiro atoms. The average molecular weight is 238 g/mol. The lowest BCUT2D eigenvalue weighted by Gasteiger charge is -2.30. The van der Waals surface area contributed by atoms with Gasteiger partial charge in [0.05, 0.1) is 0 Å². The zero-order chi connectivity index (χ0) is 12.1. The summed E-state index contributed by atoms with van der Waals surface area (Å²) in [6, 6.07) is 0.459. The van der Waals surface area contributed by atoms with Crippen molar-refractivity contribution in [2.45, 2.75) is 57.9 Å². The van der Waals surface area contributed by atoms with Crippen LogP contribution in [0.15, 0.2) is 0 Å². The van der Waals surface area contributed by atoms with Crippen LogP contribution in [0.25, 0.3) is 0 Å². The first-order chi connectivity index (χ1) is 8.29. The maximum absolute atomic E-state index is 12.1. The fourth-order valence-electron chi connectivity index (χ4n) is 3.12. The Hall–Kier alpha value is -0.570. The molecular formula is C14H26N2O. The van der Waals surface area contributed by atoms with E-state index in [-0.39, 0.29) is 5.92 Å². The third kappa shape index (κ3) is 3.70. The van der Waals surface area contributed by atoms with Gasteiger partial charge in [0, 0.05) is 12.0 Å². The van der Waals surface area contributed by atoms with Crippen LogP contribution < -0.4 is 10.6 Å². The van der Waals surface area contributed by atoms with Gasteiger partial charge in [0.15, 0.2) is 0 Å². The number of rotatable bonds is 3. The van der Waals surface area contributed by atoms with E-state index in [2.05, 4.69) is 17.6 Å². The molecule has 98 valence electrons. The molecule has 0 unspecified atom stereocenters. The zero-order valence-electron chi connectivity index (χ0n) is 11.0. The van der Waals surface area contributed by atoms with Gasteiger partial charge in [-0.05, 0) is 57.5 Å². The molecule has 0 aromatic heterocycles. The molecule has 1 amide bonds. The van der Waals surface area contributed by atoms with E-state index < -0.39 is 0 Å². The Morgan fingerprint density at radius 1 is 1.12 bits per heavy atom. The predicted molar refractivity (Wildman–Crippen MR) is 69.8 cm³/mol. The number of piperidine rings is 1. The van der Waals surface area contributed by atoms with Crippen LogP contribution in [0.4, 0.5) is 0 Å². The number of carbonyl (C=O) groups is 1. The molecule has 0 atom stereocenters. The summed E-state index contributed by atoms with van der Waals surface area (Å²) in [6.07, 6.45) is 8.30. The summed E-state index contributed by atoms with van der Waals surface area (Å²) in [5.74, 6) is 1.48. The van der Waals surface area contributed by atoms with Crippen molar-refractivity contribution in [1.82, 2.24) is 10.6 Å². The maximum atomic E-state index is 12.1. The highest BCUT2D eigenvalue weighted by molar-refractivity contribution is 5.79. The van der Waals surface area contributed by atoms with Crippen LogP contribution in [0, 0.1) is 11.8 Å². The van der Waals surface area contributed by atoms with Gasteiger partial charge in [-0.15, -0.1) is 0 Å². The molecule has 0 bridgehead atoms. The molecule has 1 aliphatic heterocycles. The van der Waals surface area contributed by atoms with Crippen molar-refractivity contribution in [2.24, 2.45) is 11.8 Å². The first-order valence-electron chi connectivity index (χ1n) is 7.30. The summed E-state index contributed by atoms with van der Waals surface area (Å²) in [5.41, 5.74) is 0. The van der Waals surface area contributed by atoms with Crippen molar-refractivity contribution in [2.75, 3.05) is 13.1 Å². The Labute approximate surface area is 105 Å². The highest BCUT2D eigenvalue weighted by Crippen LogP contribution is 2.26. The van der Waals surface area contributed by atoms with Crippen molar-refractivity contribution in [1.29, 1.82) is 0 Å². The number of carbonyl (C=O) groups excluding carboxylic acids is 1. The Bertz CT molecular complexity index is 241. The van der Waals surface area contributed by atoms with Crippen LogP contribution in [-0.2, 0) is 4.79 Å². The van der Waals surface area contributed by atoms with Gasteiger partial charge in [-0.2, -0.15) is 0 Å². The van der Waals surface area contributed by atoms with Crippen LogP contribution in [0.1, 0.15) is 51.9 Å². The van der Waals surface area contributed by atoms with Gasteiger partial charge < -0.3 is 10.6 Å². The van der Waals surface area contributed by atoms with Crippen LogP contribution >= 0.6 is 0 Å². The van der Waals surface area contributed by atoms with E-state index in [1.807, 2.05) is 0 Å². The zero-order valence-corrected chi connectivity index (χ0v) is 11.0.